The lowest BCUT2D eigenvalue weighted by molar-refractivity contribution is -0.123. The molecule has 0 atom stereocenters. The Bertz CT molecular complexity index is 76.4. The number of hydrogen-bond donors (Lipinski definition) is 1. The van der Waals surface area contributed by atoms with Crippen LogP contribution >= 0.6 is 0 Å². The molecular weight excluding hydrogens is 113 g/mol. The Hall–Kier alpha value is -0.640. The number of nitrogens with one attached hydrogen (secondary N) is 1. The molecule has 1 N–H and O–H groups in total. The van der Waals surface area contributed by atoms with E-state index < -0.39 is 12.6 Å². The van der Waals surface area contributed by atoms with E-state index in [0.717, 1.165) is 0 Å². The van der Waals surface area contributed by atoms with Crippen LogP contribution in [-0.2, 0) is 9.53 Å². The number of carbonyl (C=O) groups is 1. The molecule has 0 spiro atoms. The Kier molecular flexibility index (Phi) is 4.16. The van der Waals surface area contributed by atoms with Gasteiger partial charge < -0.3 is 10.1 Å². The lowest BCUT2D eigenvalue weighted by Crippen LogP contribution is -2.26. The van der Waals surface area contributed by atoms with Gasteiger partial charge in [-0.3, -0.25) is 4.79 Å². The largest absolute Gasteiger partial charge is 0.364 e. The van der Waals surface area contributed by atoms with E-state index in [1.807, 2.05) is 0 Å². The first-order valence-electron chi connectivity index (χ1n) is 2.13. The first kappa shape index (κ1) is 7.36. The smallest absolute Gasteiger partial charge is 0.253 e. The average Bonchev–Trinajstić information content (AvgIpc) is 1.83. The second kappa shape index (κ2) is 4.52. The van der Waals surface area contributed by atoms with Gasteiger partial charge in [0.25, 0.3) is 5.91 Å². The van der Waals surface area contributed by atoms with Crippen LogP contribution in [0.5, 0.6) is 0 Å². The van der Waals surface area contributed by atoms with E-state index in [1.54, 1.807) is 0 Å². The summed E-state index contributed by atoms with van der Waals surface area (Å²) in [5.41, 5.74) is 0. The first-order chi connectivity index (χ1) is 3.81. The molecule has 0 rings (SSSR count). The van der Waals surface area contributed by atoms with E-state index in [9.17, 15) is 9.18 Å². The van der Waals surface area contributed by atoms with Crippen molar-refractivity contribution in [1.82, 2.24) is 5.32 Å². The van der Waals surface area contributed by atoms with Crippen molar-refractivity contribution < 1.29 is 13.9 Å². The predicted octanol–water partition coefficient (Wildman–Crippen LogP) is -0.324. The first-order valence-corrected chi connectivity index (χ1v) is 2.13. The molecule has 0 unspecified atom stereocenters. The fraction of sp³-hybridized carbons (Fsp3) is 0.750. The Morgan fingerprint density at radius 2 is 2.50 bits per heavy atom. The third-order valence-electron chi connectivity index (χ3n) is 0.535. The topological polar surface area (TPSA) is 38.3 Å². The van der Waals surface area contributed by atoms with Crippen LogP contribution in [0, 0.1) is 0 Å². The van der Waals surface area contributed by atoms with Gasteiger partial charge in [0.2, 0.25) is 0 Å². The van der Waals surface area contributed by atoms with Crippen LogP contribution in [0.4, 0.5) is 4.39 Å². The summed E-state index contributed by atoms with van der Waals surface area (Å²) in [7, 11) is 1.42. The van der Waals surface area contributed by atoms with E-state index in [1.165, 1.54) is 7.11 Å². The maximum Gasteiger partial charge on any atom is 0.253 e. The van der Waals surface area contributed by atoms with E-state index >= 15 is 0 Å². The summed E-state index contributed by atoms with van der Waals surface area (Å²) in [6.45, 7) is -0.911. The maximum atomic E-state index is 11.2. The summed E-state index contributed by atoms with van der Waals surface area (Å²) >= 11 is 0. The number of amides is 1. The molecule has 8 heavy (non-hydrogen) atoms. The molecule has 4 heteroatoms. The standard InChI is InChI=1S/C4H8FNO2/c1-8-3-6-4(7)2-5/h2-3H2,1H3,(H,6,7). The molecule has 48 valence electrons. The minimum Gasteiger partial charge on any atom is -0.364 e. The highest BCUT2D eigenvalue weighted by Gasteiger charge is 1.93. The highest BCUT2D eigenvalue weighted by atomic mass is 19.1. The average molecular weight is 121 g/mol. The summed E-state index contributed by atoms with van der Waals surface area (Å²) in [6.07, 6.45) is 0. The van der Waals surface area contributed by atoms with Crippen LogP contribution < -0.4 is 5.32 Å². The van der Waals surface area contributed by atoms with E-state index in [2.05, 4.69) is 10.1 Å². The second-order valence-corrected chi connectivity index (χ2v) is 1.17. The molecule has 0 aromatic rings. The van der Waals surface area contributed by atoms with Crippen LogP contribution in [0.2, 0.25) is 0 Å². The summed E-state index contributed by atoms with van der Waals surface area (Å²) in [4.78, 5) is 10.0. The van der Waals surface area contributed by atoms with Gasteiger partial charge in [-0.15, -0.1) is 0 Å². The number of alkyl halides is 1. The minimum absolute atomic E-state index is 0.0722. The highest BCUT2D eigenvalue weighted by Crippen LogP contribution is 1.66. The predicted molar refractivity (Wildman–Crippen MR) is 26.0 cm³/mol. The normalized spacial score (nSPS) is 8.75. The molecule has 0 aromatic heterocycles. The molecule has 0 saturated heterocycles. The zero-order valence-corrected chi connectivity index (χ0v) is 4.61. The molecule has 0 bridgehead atoms. The molecule has 0 aliphatic rings. The van der Waals surface area contributed by atoms with Crippen molar-refractivity contribution in [1.29, 1.82) is 0 Å². The summed E-state index contributed by atoms with van der Waals surface area (Å²) < 4.78 is 15.7. The molecule has 0 saturated carbocycles. The van der Waals surface area contributed by atoms with Gasteiger partial charge in [-0.05, 0) is 0 Å². The number of carbonyl (C=O) groups excluding carboxylic acids is 1. The Balaban J connectivity index is 2.99. The Morgan fingerprint density at radius 3 is 2.88 bits per heavy atom. The SMILES string of the molecule is COCNC(=O)CF. The zero-order chi connectivity index (χ0) is 6.41. The van der Waals surface area contributed by atoms with Crippen LogP contribution in [-0.4, -0.2) is 26.4 Å². The van der Waals surface area contributed by atoms with Gasteiger partial charge >= 0.3 is 0 Å². The third-order valence-corrected chi connectivity index (χ3v) is 0.535. The van der Waals surface area contributed by atoms with Crippen LogP contribution in [0.15, 0.2) is 0 Å². The van der Waals surface area contributed by atoms with Crippen molar-refractivity contribution in [2.45, 2.75) is 0 Å². The minimum atomic E-state index is -0.983. The van der Waals surface area contributed by atoms with E-state index in [4.69, 9.17) is 0 Å². The number of hydrogen-bond acceptors (Lipinski definition) is 2. The molecule has 0 fully saturated rings. The van der Waals surface area contributed by atoms with Gasteiger partial charge in [0.15, 0.2) is 6.67 Å². The number of halogens is 1. The summed E-state index contributed by atoms with van der Waals surface area (Å²) in [6, 6.07) is 0. The molecule has 0 heterocycles. The van der Waals surface area contributed by atoms with Crippen molar-refractivity contribution in [3.05, 3.63) is 0 Å². The van der Waals surface area contributed by atoms with Crippen LogP contribution in [0.25, 0.3) is 0 Å². The van der Waals surface area contributed by atoms with Gasteiger partial charge in [-0.25, -0.2) is 4.39 Å². The highest BCUT2D eigenvalue weighted by molar-refractivity contribution is 5.76. The lowest BCUT2D eigenvalue weighted by Gasteiger charge is -1.96. The second-order valence-electron chi connectivity index (χ2n) is 1.17. The number of methoxy groups -OCH3 is 1. The molecule has 0 aromatic carbocycles. The molecule has 1 amide bonds. The van der Waals surface area contributed by atoms with Crippen molar-refractivity contribution >= 4 is 5.91 Å². The van der Waals surface area contributed by atoms with Crippen molar-refractivity contribution in [3.63, 3.8) is 0 Å². The third kappa shape index (κ3) is 3.55. The quantitative estimate of drug-likeness (QED) is 0.519. The van der Waals surface area contributed by atoms with Gasteiger partial charge in [0.05, 0.1) is 0 Å². The van der Waals surface area contributed by atoms with Gasteiger partial charge in [-0.2, -0.15) is 0 Å². The van der Waals surface area contributed by atoms with E-state index in [0.29, 0.717) is 0 Å². The summed E-state index contributed by atoms with van der Waals surface area (Å²) in [5.74, 6) is -0.646. The fourth-order valence-electron chi connectivity index (χ4n) is 0.200. The number of ether oxygens (including phenoxy) is 1. The van der Waals surface area contributed by atoms with Gasteiger partial charge in [0.1, 0.15) is 6.73 Å². The monoisotopic (exact) mass is 121 g/mol. The van der Waals surface area contributed by atoms with Crippen LogP contribution in [0.1, 0.15) is 0 Å². The molecule has 0 aliphatic heterocycles. The van der Waals surface area contributed by atoms with Crippen molar-refractivity contribution in [3.8, 4) is 0 Å². The maximum absolute atomic E-state index is 11.2. The van der Waals surface area contributed by atoms with E-state index in [-0.39, 0.29) is 6.73 Å². The zero-order valence-electron chi connectivity index (χ0n) is 4.61. The van der Waals surface area contributed by atoms with Gasteiger partial charge in [0, 0.05) is 7.11 Å². The fourth-order valence-corrected chi connectivity index (χ4v) is 0.200. The molecule has 3 nitrogen and oxygen atoms in total. The van der Waals surface area contributed by atoms with Crippen molar-refractivity contribution in [2.24, 2.45) is 0 Å². The van der Waals surface area contributed by atoms with Crippen LogP contribution in [0.3, 0.4) is 0 Å². The van der Waals surface area contributed by atoms with Gasteiger partial charge in [-0.1, -0.05) is 0 Å². The molecular formula is C4H8FNO2. The van der Waals surface area contributed by atoms with Crippen molar-refractivity contribution in [2.75, 3.05) is 20.5 Å². The molecule has 0 radical (unpaired) electrons. The Labute approximate surface area is 46.8 Å². The Morgan fingerprint density at radius 1 is 1.88 bits per heavy atom. The molecule has 0 aliphatic carbocycles. The summed E-state index contributed by atoms with van der Waals surface area (Å²) in [5, 5.41) is 2.15. The lowest BCUT2D eigenvalue weighted by atomic mass is 10.7. The number of rotatable bonds is 3.